The molecule has 0 aromatic carbocycles. The fraction of sp³-hybridized carbons (Fsp3) is 0.385. The minimum absolute atomic E-state index is 0.438. The van der Waals surface area contributed by atoms with E-state index in [-0.39, 0.29) is 0 Å². The van der Waals surface area contributed by atoms with Crippen molar-refractivity contribution in [1.29, 1.82) is 0 Å². The van der Waals surface area contributed by atoms with E-state index in [4.69, 9.17) is 0 Å². The van der Waals surface area contributed by atoms with Gasteiger partial charge in [0.05, 0.1) is 5.92 Å². The molecule has 1 aromatic heterocycles. The van der Waals surface area contributed by atoms with Crippen LogP contribution in [0.1, 0.15) is 4.88 Å². The van der Waals surface area contributed by atoms with Gasteiger partial charge in [-0.3, -0.25) is 9.59 Å². The Bertz CT molecular complexity index is 539. The summed E-state index contributed by atoms with van der Waals surface area (Å²) in [6, 6.07) is 3.37. The van der Waals surface area contributed by atoms with Crippen LogP contribution >= 0.6 is 23.1 Å². The molecule has 0 bridgehead atoms. The molecule has 5 nitrogen and oxygen atoms in total. The fourth-order valence-electron chi connectivity index (χ4n) is 2.20. The normalized spacial score (nSPS) is 26.4. The summed E-state index contributed by atoms with van der Waals surface area (Å²) >= 11 is 2.64. The lowest BCUT2D eigenvalue weighted by atomic mass is 9.93. The standard InChI is InChI=1S/C13H15NO4S2/c1-14(2)7-6-9(8-4-3-5-19-8)20-11(13(17)18)10(7)12(15)16/h3-7,10-11H,1-2H3,(H,15,16)(H,17,18)/t7-,10-,11+/m0/s1. The Hall–Kier alpha value is -1.31. The van der Waals surface area contributed by atoms with Crippen LogP contribution in [-0.2, 0) is 9.59 Å². The van der Waals surface area contributed by atoms with E-state index in [1.165, 1.54) is 11.3 Å². The van der Waals surface area contributed by atoms with Crippen LogP contribution in [0.4, 0.5) is 0 Å². The summed E-state index contributed by atoms with van der Waals surface area (Å²) in [7, 11) is 3.52. The molecule has 0 spiro atoms. The molecule has 2 N–H and O–H groups in total. The maximum absolute atomic E-state index is 11.4. The summed E-state index contributed by atoms with van der Waals surface area (Å²) in [6.45, 7) is 0. The summed E-state index contributed by atoms with van der Waals surface area (Å²) in [5, 5.41) is 19.6. The van der Waals surface area contributed by atoms with E-state index in [0.717, 1.165) is 21.5 Å². The zero-order chi connectivity index (χ0) is 14.9. The van der Waals surface area contributed by atoms with Gasteiger partial charge < -0.3 is 15.1 Å². The minimum atomic E-state index is -1.09. The molecule has 20 heavy (non-hydrogen) atoms. The third-order valence-corrected chi connectivity index (χ3v) is 5.55. The Morgan fingerprint density at radius 3 is 2.40 bits per heavy atom. The molecule has 1 aliphatic heterocycles. The molecule has 7 heteroatoms. The first-order valence-corrected chi connectivity index (χ1v) is 7.72. The van der Waals surface area contributed by atoms with Crippen molar-refractivity contribution in [1.82, 2.24) is 4.90 Å². The number of rotatable bonds is 4. The number of hydrogen-bond acceptors (Lipinski definition) is 5. The number of hydrogen-bond donors (Lipinski definition) is 2. The Balaban J connectivity index is 2.45. The second-order valence-corrected chi connectivity index (χ2v) is 6.83. The van der Waals surface area contributed by atoms with Gasteiger partial charge in [-0.05, 0) is 25.5 Å². The largest absolute Gasteiger partial charge is 0.481 e. The Kier molecular flexibility index (Phi) is 4.52. The minimum Gasteiger partial charge on any atom is -0.481 e. The lowest BCUT2D eigenvalue weighted by Gasteiger charge is -2.35. The van der Waals surface area contributed by atoms with Crippen molar-refractivity contribution >= 4 is 39.9 Å². The molecule has 1 aromatic rings. The van der Waals surface area contributed by atoms with Crippen molar-refractivity contribution in [2.24, 2.45) is 5.92 Å². The van der Waals surface area contributed by atoms with Crippen molar-refractivity contribution in [3.63, 3.8) is 0 Å². The summed E-state index contributed by atoms with van der Waals surface area (Å²) in [5.74, 6) is -3.13. The summed E-state index contributed by atoms with van der Waals surface area (Å²) in [4.78, 5) is 26.4. The summed E-state index contributed by atoms with van der Waals surface area (Å²) < 4.78 is 0. The number of thiophene rings is 1. The van der Waals surface area contributed by atoms with Gasteiger partial charge in [-0.15, -0.1) is 23.1 Å². The van der Waals surface area contributed by atoms with Crippen molar-refractivity contribution < 1.29 is 19.8 Å². The molecule has 2 heterocycles. The number of aliphatic carboxylic acids is 2. The van der Waals surface area contributed by atoms with Gasteiger partial charge in [0.15, 0.2) is 0 Å². The Morgan fingerprint density at radius 2 is 1.95 bits per heavy atom. The maximum atomic E-state index is 11.4. The van der Waals surface area contributed by atoms with Crippen LogP contribution in [-0.4, -0.2) is 52.4 Å². The zero-order valence-corrected chi connectivity index (χ0v) is 12.6. The van der Waals surface area contributed by atoms with Crippen molar-refractivity contribution in [2.75, 3.05) is 14.1 Å². The molecule has 108 valence electrons. The van der Waals surface area contributed by atoms with Crippen LogP contribution in [0.2, 0.25) is 0 Å². The highest BCUT2D eigenvalue weighted by Gasteiger charge is 2.44. The highest BCUT2D eigenvalue weighted by molar-refractivity contribution is 8.09. The molecule has 0 fully saturated rings. The third kappa shape index (κ3) is 2.89. The molecule has 0 radical (unpaired) electrons. The van der Waals surface area contributed by atoms with E-state index in [1.807, 2.05) is 23.6 Å². The average molecular weight is 313 g/mol. The van der Waals surface area contributed by atoms with Gasteiger partial charge in [-0.1, -0.05) is 12.1 Å². The van der Waals surface area contributed by atoms with E-state index in [0.29, 0.717) is 0 Å². The van der Waals surface area contributed by atoms with Crippen LogP contribution in [0, 0.1) is 5.92 Å². The smallest absolute Gasteiger partial charge is 0.317 e. The molecular weight excluding hydrogens is 298 g/mol. The van der Waals surface area contributed by atoms with E-state index in [9.17, 15) is 19.8 Å². The molecule has 0 amide bonds. The number of carboxylic acid groups (broad SMARTS) is 2. The lowest BCUT2D eigenvalue weighted by molar-refractivity contribution is -0.149. The summed E-state index contributed by atoms with van der Waals surface area (Å²) in [6.07, 6.45) is 1.86. The lowest BCUT2D eigenvalue weighted by Crippen LogP contribution is -2.48. The average Bonchev–Trinajstić information content (AvgIpc) is 2.90. The van der Waals surface area contributed by atoms with Crippen LogP contribution in [0.25, 0.3) is 4.91 Å². The SMILES string of the molecule is CN(C)[C@H]1C=C(c2cccs2)S[C@@H](C(=O)O)[C@H]1C(=O)O. The van der Waals surface area contributed by atoms with Crippen LogP contribution in [0.15, 0.2) is 23.6 Å². The van der Waals surface area contributed by atoms with Crippen LogP contribution in [0.3, 0.4) is 0 Å². The topological polar surface area (TPSA) is 77.8 Å². The molecule has 0 unspecified atom stereocenters. The fourth-order valence-corrected chi connectivity index (χ4v) is 4.33. The van der Waals surface area contributed by atoms with Gasteiger partial charge in [0.2, 0.25) is 0 Å². The first kappa shape index (κ1) is 15.1. The predicted molar refractivity (Wildman–Crippen MR) is 79.9 cm³/mol. The number of carbonyl (C=O) groups is 2. The molecule has 1 aliphatic rings. The van der Waals surface area contributed by atoms with E-state index < -0.39 is 29.1 Å². The number of carboxylic acids is 2. The van der Waals surface area contributed by atoms with Crippen molar-refractivity contribution in [3.8, 4) is 0 Å². The van der Waals surface area contributed by atoms with Gasteiger partial charge in [-0.2, -0.15) is 0 Å². The monoisotopic (exact) mass is 313 g/mol. The maximum Gasteiger partial charge on any atom is 0.317 e. The number of nitrogens with zero attached hydrogens (tertiary/aromatic N) is 1. The Morgan fingerprint density at radius 1 is 1.25 bits per heavy atom. The molecule has 0 saturated heterocycles. The number of thioether (sulfide) groups is 1. The highest BCUT2D eigenvalue weighted by Crippen LogP contribution is 2.43. The third-order valence-electron chi connectivity index (χ3n) is 3.16. The van der Waals surface area contributed by atoms with Gasteiger partial charge in [0.25, 0.3) is 0 Å². The predicted octanol–water partition coefficient (Wildman–Crippen LogP) is 1.92. The van der Waals surface area contributed by atoms with Gasteiger partial charge in [0, 0.05) is 15.8 Å². The van der Waals surface area contributed by atoms with Crippen LogP contribution in [0.5, 0.6) is 0 Å². The zero-order valence-electron chi connectivity index (χ0n) is 11.0. The number of likely N-dealkylation sites (N-methyl/N-ethyl adjacent to an activating group) is 1. The second-order valence-electron chi connectivity index (χ2n) is 4.70. The van der Waals surface area contributed by atoms with Crippen molar-refractivity contribution in [3.05, 3.63) is 28.5 Å². The second kappa shape index (κ2) is 5.99. The van der Waals surface area contributed by atoms with E-state index in [2.05, 4.69) is 0 Å². The first-order valence-electron chi connectivity index (χ1n) is 5.96. The molecule has 2 rings (SSSR count). The molecule has 0 saturated carbocycles. The molecule has 0 aliphatic carbocycles. The first-order chi connectivity index (χ1) is 9.41. The highest BCUT2D eigenvalue weighted by atomic mass is 32.2. The Labute approximate surface area is 124 Å². The molecular formula is C13H15NO4S2. The quantitative estimate of drug-likeness (QED) is 0.884. The summed E-state index contributed by atoms with van der Waals surface area (Å²) in [5.41, 5.74) is 0. The van der Waals surface area contributed by atoms with Gasteiger partial charge >= 0.3 is 11.9 Å². The molecule has 3 atom stereocenters. The van der Waals surface area contributed by atoms with Crippen LogP contribution < -0.4 is 0 Å². The van der Waals surface area contributed by atoms with E-state index >= 15 is 0 Å². The van der Waals surface area contributed by atoms with Gasteiger partial charge in [0.1, 0.15) is 5.25 Å². The van der Waals surface area contributed by atoms with Crippen molar-refractivity contribution in [2.45, 2.75) is 11.3 Å². The van der Waals surface area contributed by atoms with E-state index in [1.54, 1.807) is 19.0 Å². The van der Waals surface area contributed by atoms with Gasteiger partial charge in [-0.25, -0.2) is 0 Å².